The number of hydrogen-bond acceptors (Lipinski definition) is 2. The van der Waals surface area contributed by atoms with Crippen LogP contribution in [0.3, 0.4) is 0 Å². The van der Waals surface area contributed by atoms with Crippen LogP contribution in [0.1, 0.15) is 59.8 Å². The molecule has 0 amide bonds. The monoisotopic (exact) mass is 256 g/mol. The minimum absolute atomic E-state index is 0.532. The smallest absolute Gasteiger partial charge is 0.384 e. The van der Waals surface area contributed by atoms with Gasteiger partial charge in [-0.1, -0.05) is 33.1 Å². The first kappa shape index (κ1) is 14.8. The van der Waals surface area contributed by atoms with Crippen LogP contribution in [0, 0.1) is 5.92 Å². The van der Waals surface area contributed by atoms with Gasteiger partial charge in [-0.15, -0.1) is 0 Å². The fraction of sp³-hybridized carbons (Fsp3) is 0.857. The second kappa shape index (κ2) is 7.93. The molecule has 0 bridgehead atoms. The largest absolute Gasteiger partial charge is 0.526 e. The molecule has 1 rings (SSSR count). The molecule has 0 aromatic carbocycles. The minimum Gasteiger partial charge on any atom is -0.526 e. The van der Waals surface area contributed by atoms with Crippen molar-refractivity contribution in [1.82, 2.24) is 0 Å². The second-order valence-corrected chi connectivity index (χ2v) is 8.00. The summed E-state index contributed by atoms with van der Waals surface area (Å²) < 4.78 is 11.8. The van der Waals surface area contributed by atoms with Crippen molar-refractivity contribution in [2.45, 2.75) is 65.3 Å². The maximum Gasteiger partial charge on any atom is 0.384 e. The van der Waals surface area contributed by atoms with E-state index in [0.717, 1.165) is 18.3 Å². The summed E-state index contributed by atoms with van der Waals surface area (Å²) >= 11 is 0. The lowest BCUT2D eigenvalue weighted by Crippen LogP contribution is -2.25. The molecule has 0 radical (unpaired) electrons. The normalized spacial score (nSPS) is 20.6. The molecule has 3 heteroatoms. The summed E-state index contributed by atoms with van der Waals surface area (Å²) in [4.78, 5) is 0. The predicted molar refractivity (Wildman–Crippen MR) is 75.3 cm³/mol. The summed E-state index contributed by atoms with van der Waals surface area (Å²) in [6.45, 7) is 9.30. The van der Waals surface area contributed by atoms with Crippen molar-refractivity contribution in [3.8, 4) is 0 Å². The van der Waals surface area contributed by atoms with E-state index in [1.54, 1.807) is 0 Å². The molecule has 0 N–H and O–H groups in total. The van der Waals surface area contributed by atoms with Crippen molar-refractivity contribution in [1.29, 1.82) is 0 Å². The molecule has 0 heterocycles. The third-order valence-corrected chi connectivity index (χ3v) is 5.65. The molecule has 1 aliphatic rings. The average Bonchev–Trinajstić information content (AvgIpc) is 2.29. The number of rotatable bonds is 6. The van der Waals surface area contributed by atoms with E-state index in [4.69, 9.17) is 8.85 Å². The van der Waals surface area contributed by atoms with E-state index >= 15 is 0 Å². The van der Waals surface area contributed by atoms with Crippen molar-refractivity contribution >= 4 is 9.28 Å². The number of allylic oxidation sites excluding steroid dienone is 2. The summed E-state index contributed by atoms with van der Waals surface area (Å²) in [5.74, 6) is 1.84. The standard InChI is InChI=1S/C14H28O2Si/c1-5-15-17(12(2)3)16-13(4)11-14-9-7-6-8-10-14/h11-12,14,17H,5-10H2,1-4H3. The highest BCUT2D eigenvalue weighted by Crippen LogP contribution is 2.26. The molecule has 1 fully saturated rings. The molecule has 1 unspecified atom stereocenters. The first-order chi connectivity index (χ1) is 8.13. The molecular formula is C14H28O2Si. The molecule has 17 heavy (non-hydrogen) atoms. The molecule has 1 saturated carbocycles. The van der Waals surface area contributed by atoms with Crippen LogP contribution in [0.2, 0.25) is 5.54 Å². The van der Waals surface area contributed by atoms with E-state index < -0.39 is 9.28 Å². The van der Waals surface area contributed by atoms with Gasteiger partial charge >= 0.3 is 9.28 Å². The Morgan fingerprint density at radius 1 is 1.29 bits per heavy atom. The van der Waals surface area contributed by atoms with Crippen LogP contribution in [0.25, 0.3) is 0 Å². The lowest BCUT2D eigenvalue weighted by molar-refractivity contribution is 0.238. The van der Waals surface area contributed by atoms with E-state index in [1.165, 1.54) is 32.1 Å². The van der Waals surface area contributed by atoms with Crippen LogP contribution in [-0.4, -0.2) is 15.9 Å². The van der Waals surface area contributed by atoms with Gasteiger partial charge in [-0.05, 0) is 38.7 Å². The van der Waals surface area contributed by atoms with Crippen molar-refractivity contribution in [2.24, 2.45) is 5.92 Å². The molecule has 0 saturated heterocycles. The molecule has 0 aliphatic heterocycles. The van der Waals surface area contributed by atoms with E-state index in [2.05, 4.69) is 26.8 Å². The van der Waals surface area contributed by atoms with E-state index in [-0.39, 0.29) is 0 Å². The first-order valence-corrected chi connectivity index (χ1v) is 8.71. The zero-order valence-electron chi connectivity index (χ0n) is 11.9. The third-order valence-electron chi connectivity index (χ3n) is 3.30. The topological polar surface area (TPSA) is 18.5 Å². The Morgan fingerprint density at radius 2 is 1.94 bits per heavy atom. The summed E-state index contributed by atoms with van der Waals surface area (Å²) in [6, 6.07) is 0. The van der Waals surface area contributed by atoms with Gasteiger partial charge in [-0.25, -0.2) is 0 Å². The van der Waals surface area contributed by atoms with Crippen molar-refractivity contribution in [3.05, 3.63) is 11.8 Å². The maximum atomic E-state index is 6.03. The summed E-state index contributed by atoms with van der Waals surface area (Å²) in [6.07, 6.45) is 9.18. The number of hydrogen-bond donors (Lipinski definition) is 0. The van der Waals surface area contributed by atoms with Crippen molar-refractivity contribution < 1.29 is 8.85 Å². The van der Waals surface area contributed by atoms with Crippen LogP contribution in [0.4, 0.5) is 0 Å². The van der Waals surface area contributed by atoms with Gasteiger partial charge in [0.05, 0.1) is 5.76 Å². The Kier molecular flexibility index (Phi) is 6.89. The molecule has 2 nitrogen and oxygen atoms in total. The first-order valence-electron chi connectivity index (χ1n) is 7.10. The van der Waals surface area contributed by atoms with Gasteiger partial charge < -0.3 is 8.85 Å². The van der Waals surface area contributed by atoms with Gasteiger partial charge in [-0.2, -0.15) is 0 Å². The Bertz CT molecular complexity index is 232. The lowest BCUT2D eigenvalue weighted by atomic mass is 9.89. The molecule has 0 spiro atoms. The van der Waals surface area contributed by atoms with Crippen molar-refractivity contribution in [2.75, 3.05) is 6.61 Å². The quantitative estimate of drug-likeness (QED) is 0.525. The zero-order valence-corrected chi connectivity index (χ0v) is 13.0. The van der Waals surface area contributed by atoms with Crippen LogP contribution < -0.4 is 0 Å². The van der Waals surface area contributed by atoms with Crippen LogP contribution in [0.15, 0.2) is 11.8 Å². The molecule has 0 aromatic rings. The Labute approximate surface area is 108 Å². The molecule has 1 atom stereocenters. The lowest BCUT2D eigenvalue weighted by Gasteiger charge is -2.23. The van der Waals surface area contributed by atoms with E-state index in [0.29, 0.717) is 5.54 Å². The minimum atomic E-state index is -1.51. The Hall–Kier alpha value is -0.283. The molecule has 1 aliphatic carbocycles. The second-order valence-electron chi connectivity index (χ2n) is 5.36. The van der Waals surface area contributed by atoms with Crippen molar-refractivity contribution in [3.63, 3.8) is 0 Å². The van der Waals surface area contributed by atoms with Gasteiger partial charge in [0.2, 0.25) is 0 Å². The van der Waals surface area contributed by atoms with Gasteiger partial charge in [0.1, 0.15) is 0 Å². The fourth-order valence-corrected chi connectivity index (χ4v) is 3.88. The fourth-order valence-electron chi connectivity index (χ4n) is 2.38. The van der Waals surface area contributed by atoms with Gasteiger partial charge in [0.25, 0.3) is 0 Å². The van der Waals surface area contributed by atoms with E-state index in [9.17, 15) is 0 Å². The average molecular weight is 256 g/mol. The summed E-state index contributed by atoms with van der Waals surface area (Å²) in [7, 11) is -1.51. The Morgan fingerprint density at radius 3 is 2.47 bits per heavy atom. The van der Waals surface area contributed by atoms with E-state index in [1.807, 2.05) is 6.92 Å². The summed E-state index contributed by atoms with van der Waals surface area (Å²) in [5.41, 5.74) is 0.532. The zero-order chi connectivity index (χ0) is 12.7. The highest BCUT2D eigenvalue weighted by molar-refractivity contribution is 6.46. The molecule has 0 aromatic heterocycles. The van der Waals surface area contributed by atoms with Gasteiger partial charge in [-0.3, -0.25) is 0 Å². The van der Waals surface area contributed by atoms with Gasteiger partial charge in [0.15, 0.2) is 0 Å². The SMILES string of the molecule is CCO[SiH](OC(C)=CC1CCCCC1)C(C)C. The highest BCUT2D eigenvalue weighted by Gasteiger charge is 2.20. The van der Waals surface area contributed by atoms with Gasteiger partial charge in [0, 0.05) is 12.1 Å². The predicted octanol–water partition coefficient (Wildman–Crippen LogP) is 4.15. The molecular weight excluding hydrogens is 228 g/mol. The van der Waals surface area contributed by atoms with Crippen LogP contribution >= 0.6 is 0 Å². The maximum absolute atomic E-state index is 6.03. The molecule has 100 valence electrons. The summed E-state index contributed by atoms with van der Waals surface area (Å²) in [5, 5.41) is 0. The van der Waals surface area contributed by atoms with Crippen LogP contribution in [-0.2, 0) is 8.85 Å². The highest BCUT2D eigenvalue weighted by atomic mass is 28.3. The Balaban J connectivity index is 2.44. The third kappa shape index (κ3) is 5.73. The van der Waals surface area contributed by atoms with Crippen LogP contribution in [0.5, 0.6) is 0 Å².